The molecule has 2 aromatic carbocycles. The minimum atomic E-state index is -0.385. The third kappa shape index (κ3) is 3.51. The van der Waals surface area contributed by atoms with Crippen LogP contribution in [0.4, 0.5) is 0 Å². The van der Waals surface area contributed by atoms with Gasteiger partial charge in [-0.1, -0.05) is 42.5 Å². The number of nitrogens with zero attached hydrogens (tertiary/aromatic N) is 3. The number of rotatable bonds is 6. The second-order valence-electron chi connectivity index (χ2n) is 5.70. The van der Waals surface area contributed by atoms with Gasteiger partial charge in [-0.3, -0.25) is 9.36 Å². The Balaban J connectivity index is 2.10. The van der Waals surface area contributed by atoms with E-state index in [1.807, 2.05) is 36.4 Å². The van der Waals surface area contributed by atoms with Gasteiger partial charge in [0.2, 0.25) is 5.91 Å². The van der Waals surface area contributed by atoms with Crippen LogP contribution in [-0.4, -0.2) is 34.4 Å². The summed E-state index contributed by atoms with van der Waals surface area (Å²) in [6.07, 6.45) is 0.440. The molecule has 0 unspecified atom stereocenters. The van der Waals surface area contributed by atoms with E-state index in [2.05, 4.69) is 10.4 Å². The zero-order valence-electron chi connectivity index (χ0n) is 14.7. The number of hydrogen-bond donors (Lipinski definition) is 1. The van der Waals surface area contributed by atoms with Crippen molar-refractivity contribution in [3.05, 3.63) is 76.5 Å². The molecule has 1 amide bonds. The molecule has 1 N–H and O–H groups in total. The van der Waals surface area contributed by atoms with Crippen molar-refractivity contribution in [1.82, 2.24) is 19.7 Å². The minimum absolute atomic E-state index is 0.0906. The van der Waals surface area contributed by atoms with Crippen molar-refractivity contribution in [1.29, 1.82) is 0 Å². The van der Waals surface area contributed by atoms with Crippen LogP contribution in [-0.2, 0) is 17.8 Å². The number of para-hydroxylation sites is 2. The van der Waals surface area contributed by atoms with Crippen molar-refractivity contribution in [2.45, 2.75) is 13.0 Å². The first-order valence-electron chi connectivity index (χ1n) is 8.20. The summed E-state index contributed by atoms with van der Waals surface area (Å²) in [7, 11) is 3.07. The minimum Gasteiger partial charge on any atom is -0.494 e. The number of methoxy groups -OCH3 is 1. The van der Waals surface area contributed by atoms with Gasteiger partial charge in [0, 0.05) is 13.5 Å². The van der Waals surface area contributed by atoms with Crippen LogP contribution < -0.4 is 15.7 Å². The Morgan fingerprint density at radius 3 is 2.50 bits per heavy atom. The zero-order valence-corrected chi connectivity index (χ0v) is 14.7. The van der Waals surface area contributed by atoms with Crippen LogP contribution >= 0.6 is 0 Å². The second kappa shape index (κ2) is 7.69. The summed E-state index contributed by atoms with van der Waals surface area (Å²) in [6.45, 7) is -0.0906. The fourth-order valence-electron chi connectivity index (χ4n) is 2.69. The van der Waals surface area contributed by atoms with Crippen LogP contribution in [0.3, 0.4) is 0 Å². The van der Waals surface area contributed by atoms with E-state index in [4.69, 9.17) is 4.74 Å². The van der Waals surface area contributed by atoms with E-state index >= 15 is 0 Å². The van der Waals surface area contributed by atoms with Crippen molar-refractivity contribution in [3.8, 4) is 11.4 Å². The van der Waals surface area contributed by atoms with E-state index in [9.17, 15) is 9.59 Å². The molecule has 0 spiro atoms. The van der Waals surface area contributed by atoms with Gasteiger partial charge in [0.05, 0.1) is 7.11 Å². The van der Waals surface area contributed by atoms with Gasteiger partial charge in [-0.25, -0.2) is 4.79 Å². The Bertz CT molecular complexity index is 960. The molecule has 0 saturated carbocycles. The molecule has 0 aliphatic heterocycles. The predicted octanol–water partition coefficient (Wildman–Crippen LogP) is 1.38. The summed E-state index contributed by atoms with van der Waals surface area (Å²) < 4.78 is 8.00. The lowest BCUT2D eigenvalue weighted by Gasteiger charge is -2.06. The maximum atomic E-state index is 12.9. The van der Waals surface area contributed by atoms with Crippen molar-refractivity contribution in [2.24, 2.45) is 0 Å². The summed E-state index contributed by atoms with van der Waals surface area (Å²) in [5, 5.41) is 7.02. The van der Waals surface area contributed by atoms with Gasteiger partial charge in [0.15, 0.2) is 0 Å². The molecule has 3 aromatic rings. The van der Waals surface area contributed by atoms with E-state index in [0.29, 0.717) is 23.7 Å². The molecule has 0 bridgehead atoms. The Morgan fingerprint density at radius 1 is 1.12 bits per heavy atom. The van der Waals surface area contributed by atoms with Crippen LogP contribution in [0.1, 0.15) is 11.4 Å². The fraction of sp³-hybridized carbons (Fsp3) is 0.211. The van der Waals surface area contributed by atoms with Crippen LogP contribution in [0.25, 0.3) is 5.69 Å². The first kappa shape index (κ1) is 17.5. The average molecular weight is 352 g/mol. The van der Waals surface area contributed by atoms with Gasteiger partial charge >= 0.3 is 5.69 Å². The molecule has 0 fully saturated rings. The quantitative estimate of drug-likeness (QED) is 0.727. The standard InChI is InChI=1S/C19H20N4O3/c1-20-18(24)13-22-17(12-14-8-4-3-5-9-14)21-23(19(22)25)15-10-6-7-11-16(15)26-2/h3-11H,12-13H2,1-2H3,(H,20,24). The maximum absolute atomic E-state index is 12.9. The zero-order chi connectivity index (χ0) is 18.5. The lowest BCUT2D eigenvalue weighted by atomic mass is 10.1. The third-order valence-corrected chi connectivity index (χ3v) is 4.04. The second-order valence-corrected chi connectivity index (χ2v) is 5.70. The molecular weight excluding hydrogens is 332 g/mol. The molecule has 0 radical (unpaired) electrons. The van der Waals surface area contributed by atoms with E-state index in [-0.39, 0.29) is 18.1 Å². The highest BCUT2D eigenvalue weighted by Crippen LogP contribution is 2.20. The molecule has 0 aliphatic rings. The first-order chi connectivity index (χ1) is 12.6. The lowest BCUT2D eigenvalue weighted by Crippen LogP contribution is -2.32. The van der Waals surface area contributed by atoms with Crippen molar-refractivity contribution < 1.29 is 9.53 Å². The molecular formula is C19H20N4O3. The number of carbonyl (C=O) groups excluding carboxylic acids is 1. The number of likely N-dealkylation sites (N-methyl/N-ethyl adjacent to an activating group) is 1. The van der Waals surface area contributed by atoms with Crippen LogP contribution in [0.2, 0.25) is 0 Å². The Labute approximate surface area is 150 Å². The summed E-state index contributed by atoms with van der Waals surface area (Å²) in [5.74, 6) is 0.780. The highest BCUT2D eigenvalue weighted by Gasteiger charge is 2.18. The summed E-state index contributed by atoms with van der Waals surface area (Å²) in [4.78, 5) is 24.8. The topological polar surface area (TPSA) is 78.2 Å². The van der Waals surface area contributed by atoms with E-state index in [1.54, 1.807) is 18.2 Å². The van der Waals surface area contributed by atoms with Crippen molar-refractivity contribution in [2.75, 3.05) is 14.2 Å². The number of aromatic nitrogens is 3. The van der Waals surface area contributed by atoms with Gasteiger partial charge in [0.25, 0.3) is 0 Å². The van der Waals surface area contributed by atoms with Crippen LogP contribution in [0, 0.1) is 0 Å². The number of nitrogens with one attached hydrogen (secondary N) is 1. The van der Waals surface area contributed by atoms with Gasteiger partial charge in [-0.2, -0.15) is 4.68 Å². The summed E-state index contributed by atoms with van der Waals surface area (Å²) >= 11 is 0. The predicted molar refractivity (Wildman–Crippen MR) is 97.7 cm³/mol. The normalized spacial score (nSPS) is 10.5. The molecule has 0 atom stereocenters. The van der Waals surface area contributed by atoms with Crippen LogP contribution in [0.5, 0.6) is 5.75 Å². The Kier molecular flexibility index (Phi) is 5.17. The molecule has 1 heterocycles. The maximum Gasteiger partial charge on any atom is 0.351 e. The smallest absolute Gasteiger partial charge is 0.351 e. The number of amides is 1. The number of hydrogen-bond acceptors (Lipinski definition) is 4. The first-order valence-corrected chi connectivity index (χ1v) is 8.20. The van der Waals surface area contributed by atoms with Crippen molar-refractivity contribution >= 4 is 5.91 Å². The Hall–Kier alpha value is -3.35. The van der Waals surface area contributed by atoms with Gasteiger partial charge in [-0.15, -0.1) is 5.10 Å². The average Bonchev–Trinajstić information content (AvgIpc) is 2.98. The fourth-order valence-corrected chi connectivity index (χ4v) is 2.69. The van der Waals surface area contributed by atoms with Gasteiger partial charge in [0.1, 0.15) is 23.8 Å². The number of benzene rings is 2. The Morgan fingerprint density at radius 2 is 1.81 bits per heavy atom. The molecule has 0 saturated heterocycles. The van der Waals surface area contributed by atoms with E-state index in [0.717, 1.165) is 5.56 Å². The van der Waals surface area contributed by atoms with E-state index < -0.39 is 0 Å². The SMILES string of the molecule is CNC(=O)Cn1c(Cc2ccccc2)nn(-c2ccccc2OC)c1=O. The third-order valence-electron chi connectivity index (χ3n) is 4.04. The monoisotopic (exact) mass is 352 g/mol. The molecule has 26 heavy (non-hydrogen) atoms. The van der Waals surface area contributed by atoms with Gasteiger partial charge in [-0.05, 0) is 17.7 Å². The summed E-state index contributed by atoms with van der Waals surface area (Å²) in [6, 6.07) is 16.8. The molecule has 7 heteroatoms. The molecule has 7 nitrogen and oxygen atoms in total. The number of ether oxygens (including phenoxy) is 1. The van der Waals surface area contributed by atoms with Gasteiger partial charge < -0.3 is 10.1 Å². The van der Waals surface area contributed by atoms with Crippen molar-refractivity contribution in [3.63, 3.8) is 0 Å². The molecule has 134 valence electrons. The highest BCUT2D eigenvalue weighted by atomic mass is 16.5. The molecule has 0 aliphatic carbocycles. The largest absolute Gasteiger partial charge is 0.494 e. The summed E-state index contributed by atoms with van der Waals surface area (Å²) in [5.41, 5.74) is 1.15. The van der Waals surface area contributed by atoms with Crippen LogP contribution in [0.15, 0.2) is 59.4 Å². The lowest BCUT2D eigenvalue weighted by molar-refractivity contribution is -0.121. The highest BCUT2D eigenvalue weighted by molar-refractivity contribution is 5.75. The molecule has 1 aromatic heterocycles. The van der Waals surface area contributed by atoms with E-state index in [1.165, 1.54) is 23.4 Å². The molecule has 3 rings (SSSR count). The number of carbonyl (C=O) groups is 1.